The Labute approximate surface area is 272 Å². The molecule has 2 N–H and O–H groups in total. The van der Waals surface area contributed by atoms with Gasteiger partial charge in [0.05, 0.1) is 19.2 Å². The maximum absolute atomic E-state index is 16.8. The number of hydrogen-bond donors (Lipinski definition) is 2. The Balaban J connectivity index is 1.38. The fraction of sp³-hybridized carbons (Fsp3) is 0.400. The van der Waals surface area contributed by atoms with E-state index in [9.17, 15) is 18.3 Å². The van der Waals surface area contributed by atoms with Gasteiger partial charge in [0, 0.05) is 41.3 Å². The Morgan fingerprint density at radius 2 is 2.00 bits per heavy atom. The molecule has 4 heterocycles. The molecule has 8 nitrogen and oxygen atoms in total. The van der Waals surface area contributed by atoms with Gasteiger partial charge in [0.25, 0.3) is 6.08 Å². The van der Waals surface area contributed by atoms with Crippen LogP contribution in [-0.2, 0) is 0 Å². The van der Waals surface area contributed by atoms with E-state index in [1.807, 2.05) is 14.1 Å². The number of fused-ring (bicyclic) bond motifs is 3. The van der Waals surface area contributed by atoms with Crippen molar-refractivity contribution in [3.63, 3.8) is 0 Å². The van der Waals surface area contributed by atoms with Gasteiger partial charge in [-0.3, -0.25) is 9.88 Å². The zero-order valence-corrected chi connectivity index (χ0v) is 25.9. The molecule has 2 saturated heterocycles. The molecule has 0 radical (unpaired) electrons. The summed E-state index contributed by atoms with van der Waals surface area (Å²) in [7, 11) is 3.94. The number of nitrogens with zero attached hydrogens (tertiary/aromatic N) is 5. The van der Waals surface area contributed by atoms with Gasteiger partial charge in [-0.05, 0) is 82.8 Å². The Bertz CT molecular complexity index is 2080. The highest BCUT2D eigenvalue weighted by Gasteiger charge is 2.48. The second kappa shape index (κ2) is 11.6. The fourth-order valence-electron chi connectivity index (χ4n) is 7.20. The minimum absolute atomic E-state index is 0.0211. The van der Waals surface area contributed by atoms with Crippen molar-refractivity contribution < 1.29 is 30.1 Å². The molecule has 47 heavy (non-hydrogen) atoms. The normalized spacial score (nSPS) is 21.4. The van der Waals surface area contributed by atoms with Crippen molar-refractivity contribution in [3.05, 3.63) is 59.3 Å². The van der Waals surface area contributed by atoms with Gasteiger partial charge >= 0.3 is 6.01 Å². The van der Waals surface area contributed by atoms with E-state index in [2.05, 4.69) is 31.1 Å². The lowest BCUT2D eigenvalue weighted by molar-refractivity contribution is 0.0738. The Kier molecular flexibility index (Phi) is 7.12. The molecule has 12 heteroatoms. The third-order valence-electron chi connectivity index (χ3n) is 10.0. The van der Waals surface area contributed by atoms with Gasteiger partial charge in [0.15, 0.2) is 5.82 Å². The first-order valence-corrected chi connectivity index (χ1v) is 15.5. The van der Waals surface area contributed by atoms with Crippen molar-refractivity contribution in [2.24, 2.45) is 0 Å². The zero-order chi connectivity index (χ0) is 34.9. The number of aromatic nitrogens is 3. The molecule has 4 aromatic rings. The summed E-state index contributed by atoms with van der Waals surface area (Å²) < 4.78 is 83.0. The summed E-state index contributed by atoms with van der Waals surface area (Å²) in [6.45, 7) is -1.78. The van der Waals surface area contributed by atoms with Crippen molar-refractivity contribution in [1.82, 2.24) is 24.8 Å². The minimum atomic E-state index is -2.54. The van der Waals surface area contributed by atoms with Gasteiger partial charge in [-0.25, -0.2) is 8.78 Å². The van der Waals surface area contributed by atoms with Crippen LogP contribution in [0.15, 0.2) is 42.1 Å². The first kappa shape index (κ1) is 28.7. The van der Waals surface area contributed by atoms with Crippen LogP contribution in [0.1, 0.15) is 46.8 Å². The van der Waals surface area contributed by atoms with Crippen molar-refractivity contribution in [2.75, 3.05) is 45.6 Å². The average Bonchev–Trinajstić information content (AvgIpc) is 3.61. The zero-order valence-electron chi connectivity index (χ0n) is 27.9. The number of pyridine rings is 1. The minimum Gasteiger partial charge on any atom is -0.508 e. The van der Waals surface area contributed by atoms with E-state index in [0.29, 0.717) is 24.9 Å². The number of anilines is 1. The van der Waals surface area contributed by atoms with E-state index in [1.54, 1.807) is 4.90 Å². The van der Waals surface area contributed by atoms with Gasteiger partial charge in [-0.2, -0.15) is 18.7 Å². The number of phenols is 1. The molecule has 244 valence electrons. The number of terminal acetylenes is 1. The smallest absolute Gasteiger partial charge is 0.319 e. The van der Waals surface area contributed by atoms with Gasteiger partial charge in [-0.1, -0.05) is 12.0 Å². The fourth-order valence-corrected chi connectivity index (χ4v) is 7.20. The van der Waals surface area contributed by atoms with Crippen LogP contribution >= 0.6 is 0 Å². The molecule has 1 unspecified atom stereocenters. The number of halogens is 4. The van der Waals surface area contributed by atoms with E-state index in [-0.39, 0.29) is 75.2 Å². The van der Waals surface area contributed by atoms with Crippen molar-refractivity contribution in [2.45, 2.75) is 49.6 Å². The second-order valence-corrected chi connectivity index (χ2v) is 12.8. The summed E-state index contributed by atoms with van der Waals surface area (Å²) in [6, 6.07) is 4.68. The SMILES string of the molecule is [2H]C([2H])(Oc1nc(NCC2(N(C)C)CCC2)c2cnc(-c3cc(O)cc4ccc(F)c(C#C)c34)c(F)c2n1)C12CCCN1CC(=C(F)F)C2. The highest BCUT2D eigenvalue weighted by atomic mass is 19.3. The number of nitrogens with one attached hydrogen (secondary N) is 1. The monoisotopic (exact) mass is 648 g/mol. The number of phenolic OH excluding ortho intramolecular Hbond substituents is 1. The number of benzene rings is 2. The highest BCUT2D eigenvalue weighted by molar-refractivity contribution is 6.03. The lowest BCUT2D eigenvalue weighted by atomic mass is 9.75. The summed E-state index contributed by atoms with van der Waals surface area (Å²) >= 11 is 0. The van der Waals surface area contributed by atoms with E-state index in [4.69, 9.17) is 13.9 Å². The van der Waals surface area contributed by atoms with Crippen LogP contribution in [0.5, 0.6) is 11.8 Å². The highest BCUT2D eigenvalue weighted by Crippen LogP contribution is 2.44. The summed E-state index contributed by atoms with van der Waals surface area (Å²) in [6.07, 6.45) is 8.64. The van der Waals surface area contributed by atoms with E-state index >= 15 is 4.39 Å². The molecule has 3 fully saturated rings. The van der Waals surface area contributed by atoms with Gasteiger partial charge in [0.1, 0.15) is 35.2 Å². The van der Waals surface area contributed by atoms with Gasteiger partial charge in [-0.15, -0.1) is 6.42 Å². The van der Waals surface area contributed by atoms with Crippen LogP contribution in [-0.4, -0.2) is 81.2 Å². The summed E-state index contributed by atoms with van der Waals surface area (Å²) in [4.78, 5) is 17.0. The number of aromatic hydroxyl groups is 1. The maximum atomic E-state index is 16.8. The Morgan fingerprint density at radius 3 is 2.70 bits per heavy atom. The standard InChI is InChI=1S/C35H34F4N6O2/c1-4-23-26(36)8-7-20-13-22(46)14-24(27(20)23)29-28(37)30-25(16-40-29)32(41-18-34(44(2)3)9-5-10-34)43-33(42-30)47-19-35-11-6-12-45(35)17-21(15-35)31(38)39/h1,7-8,13-14,16,46H,5-6,9-12,15,17-19H2,2-3H3,(H,41,42,43)/i19D2. The third-order valence-corrected chi connectivity index (χ3v) is 10.0. The van der Waals surface area contributed by atoms with E-state index in [1.165, 1.54) is 24.4 Å². The van der Waals surface area contributed by atoms with E-state index in [0.717, 1.165) is 25.3 Å². The van der Waals surface area contributed by atoms with Crippen LogP contribution in [0.3, 0.4) is 0 Å². The molecule has 0 amide bonds. The predicted octanol–water partition coefficient (Wildman–Crippen LogP) is 6.47. The molecule has 2 aromatic carbocycles. The lowest BCUT2D eigenvalue weighted by Gasteiger charge is -2.47. The first-order valence-electron chi connectivity index (χ1n) is 16.5. The molecule has 7 rings (SSSR count). The number of ether oxygens (including phenoxy) is 1. The summed E-state index contributed by atoms with van der Waals surface area (Å²) in [5.74, 6) is 0.542. The van der Waals surface area contributed by atoms with Crippen LogP contribution in [0.2, 0.25) is 0 Å². The molecule has 3 aliphatic rings. The molecule has 2 aliphatic heterocycles. The van der Waals surface area contributed by atoms with Crippen molar-refractivity contribution in [3.8, 4) is 35.4 Å². The summed E-state index contributed by atoms with van der Waals surface area (Å²) in [5.41, 5.74) is -2.42. The molecule has 1 saturated carbocycles. The topological polar surface area (TPSA) is 86.6 Å². The van der Waals surface area contributed by atoms with Crippen molar-refractivity contribution >= 4 is 27.5 Å². The van der Waals surface area contributed by atoms with Gasteiger partial charge < -0.3 is 20.1 Å². The summed E-state index contributed by atoms with van der Waals surface area (Å²) in [5, 5.41) is 14.5. The maximum Gasteiger partial charge on any atom is 0.319 e. The van der Waals surface area contributed by atoms with Crippen LogP contribution < -0.4 is 10.1 Å². The third kappa shape index (κ3) is 5.22. The van der Waals surface area contributed by atoms with Crippen LogP contribution in [0, 0.1) is 24.0 Å². The largest absolute Gasteiger partial charge is 0.508 e. The first-order chi connectivity index (χ1) is 23.3. The van der Waals surface area contributed by atoms with Crippen LogP contribution in [0.25, 0.3) is 32.9 Å². The molecular weight excluding hydrogens is 612 g/mol. The lowest BCUT2D eigenvalue weighted by Crippen LogP contribution is -2.54. The van der Waals surface area contributed by atoms with Gasteiger partial charge in [0.2, 0.25) is 0 Å². The average molecular weight is 649 g/mol. The van der Waals surface area contributed by atoms with Crippen LogP contribution in [0.4, 0.5) is 23.4 Å². The van der Waals surface area contributed by atoms with Crippen molar-refractivity contribution in [1.29, 1.82) is 0 Å². The number of hydrogen-bond acceptors (Lipinski definition) is 8. The molecule has 1 atom stereocenters. The molecule has 1 aliphatic carbocycles. The number of likely N-dealkylation sites (N-methyl/N-ethyl adjacent to an activating group) is 1. The molecule has 2 aromatic heterocycles. The Hall–Kier alpha value is -4.47. The number of rotatable bonds is 8. The molecule has 0 bridgehead atoms. The quantitative estimate of drug-likeness (QED) is 0.166. The predicted molar refractivity (Wildman–Crippen MR) is 171 cm³/mol. The second-order valence-electron chi connectivity index (χ2n) is 12.8. The Morgan fingerprint density at radius 1 is 1.19 bits per heavy atom. The molecule has 0 spiro atoms. The molecular formula is C35H34F4N6O2. The van der Waals surface area contributed by atoms with E-state index < -0.39 is 35.8 Å².